The minimum atomic E-state index is 0.699. The fraction of sp³-hybridized carbons (Fsp3) is 0.533. The molecular weight excluding hydrogens is 336 g/mol. The van der Waals surface area contributed by atoms with Crippen LogP contribution in [0.3, 0.4) is 0 Å². The van der Waals surface area contributed by atoms with Crippen LogP contribution in [0.25, 0.3) is 0 Å². The van der Waals surface area contributed by atoms with Crippen molar-refractivity contribution in [2.75, 3.05) is 25.4 Å². The Balaban J connectivity index is 1.74. The van der Waals surface area contributed by atoms with Crippen LogP contribution >= 0.6 is 27.7 Å². The molecule has 1 aliphatic rings. The molecule has 1 aliphatic heterocycles. The van der Waals surface area contributed by atoms with E-state index in [9.17, 15) is 0 Å². The molecule has 1 aromatic rings. The maximum atomic E-state index is 9.16. The Morgan fingerprint density at radius 3 is 2.80 bits per heavy atom. The molecule has 5 heteroatoms. The smallest absolute Gasteiger partial charge is 0.143 e. The summed E-state index contributed by atoms with van der Waals surface area (Å²) in [5.74, 6) is 0.988. The number of likely N-dealkylation sites (tertiary alicyclic amines) is 1. The van der Waals surface area contributed by atoms with E-state index >= 15 is 0 Å². The van der Waals surface area contributed by atoms with Crippen LogP contribution in [0.1, 0.15) is 31.2 Å². The predicted molar refractivity (Wildman–Crippen MR) is 89.8 cm³/mol. The van der Waals surface area contributed by atoms with E-state index in [1.807, 2.05) is 24.3 Å². The van der Waals surface area contributed by atoms with E-state index in [0.29, 0.717) is 5.04 Å². The zero-order valence-corrected chi connectivity index (χ0v) is 14.0. The number of halogens is 1. The fourth-order valence-electron chi connectivity index (χ4n) is 2.43. The first-order valence-corrected chi connectivity index (χ1v) is 8.90. The molecule has 1 N–H and O–H groups in total. The summed E-state index contributed by atoms with van der Waals surface area (Å²) < 4.78 is 1.00. The molecule has 0 spiro atoms. The van der Waals surface area contributed by atoms with E-state index in [2.05, 4.69) is 26.0 Å². The number of piperidine rings is 1. The summed E-state index contributed by atoms with van der Waals surface area (Å²) in [6, 6.07) is 7.88. The van der Waals surface area contributed by atoms with Crippen molar-refractivity contribution < 1.29 is 5.21 Å². The summed E-state index contributed by atoms with van der Waals surface area (Å²) in [7, 11) is 0. The molecule has 0 saturated carbocycles. The minimum Gasteiger partial charge on any atom is -0.410 e. The van der Waals surface area contributed by atoms with Gasteiger partial charge in [-0.25, -0.2) is 0 Å². The van der Waals surface area contributed by atoms with Gasteiger partial charge in [0.05, 0.1) is 0 Å². The van der Waals surface area contributed by atoms with Crippen LogP contribution < -0.4 is 0 Å². The molecule has 0 atom stereocenters. The van der Waals surface area contributed by atoms with Crippen molar-refractivity contribution in [3.63, 3.8) is 0 Å². The van der Waals surface area contributed by atoms with Crippen molar-refractivity contribution in [2.24, 2.45) is 5.16 Å². The van der Waals surface area contributed by atoms with Crippen molar-refractivity contribution >= 4 is 32.7 Å². The zero-order chi connectivity index (χ0) is 14.2. The quantitative estimate of drug-likeness (QED) is 0.282. The average molecular weight is 357 g/mol. The number of rotatable bonds is 5. The van der Waals surface area contributed by atoms with E-state index in [-0.39, 0.29) is 0 Å². The van der Waals surface area contributed by atoms with Crippen LogP contribution in [-0.4, -0.2) is 40.5 Å². The van der Waals surface area contributed by atoms with Gasteiger partial charge >= 0.3 is 0 Å². The van der Waals surface area contributed by atoms with Crippen LogP contribution in [-0.2, 0) is 0 Å². The molecule has 0 unspecified atom stereocenters. The van der Waals surface area contributed by atoms with Gasteiger partial charge in [-0.3, -0.25) is 0 Å². The minimum absolute atomic E-state index is 0.699. The third-order valence-corrected chi connectivity index (χ3v) is 5.05. The lowest BCUT2D eigenvalue weighted by Gasteiger charge is -2.26. The molecule has 0 aromatic heterocycles. The number of oxime groups is 1. The van der Waals surface area contributed by atoms with Crippen molar-refractivity contribution in [2.45, 2.75) is 25.7 Å². The first-order chi connectivity index (χ1) is 9.79. The molecule has 110 valence electrons. The van der Waals surface area contributed by atoms with Crippen molar-refractivity contribution in [1.29, 1.82) is 0 Å². The van der Waals surface area contributed by atoms with Gasteiger partial charge in [-0.1, -0.05) is 39.6 Å². The molecule has 0 aliphatic carbocycles. The SMILES string of the molecule is O/N=C(/SCCCN1CCCCC1)c1cccc(Br)c1. The van der Waals surface area contributed by atoms with Gasteiger partial charge in [0.15, 0.2) is 0 Å². The third-order valence-electron chi connectivity index (χ3n) is 3.47. The predicted octanol–water partition coefficient (Wildman–Crippen LogP) is 4.19. The van der Waals surface area contributed by atoms with Gasteiger partial charge in [0.25, 0.3) is 0 Å². The summed E-state index contributed by atoms with van der Waals surface area (Å²) in [5, 5.41) is 13.3. The first kappa shape index (κ1) is 15.9. The maximum Gasteiger partial charge on any atom is 0.143 e. The van der Waals surface area contributed by atoms with E-state index < -0.39 is 0 Å². The Morgan fingerprint density at radius 2 is 2.10 bits per heavy atom. The first-order valence-electron chi connectivity index (χ1n) is 7.13. The molecule has 1 heterocycles. The molecule has 20 heavy (non-hydrogen) atoms. The summed E-state index contributed by atoms with van der Waals surface area (Å²) in [6.07, 6.45) is 5.20. The molecule has 0 amide bonds. The highest BCUT2D eigenvalue weighted by Gasteiger charge is 2.10. The van der Waals surface area contributed by atoms with Gasteiger partial charge < -0.3 is 10.1 Å². The largest absolute Gasteiger partial charge is 0.410 e. The van der Waals surface area contributed by atoms with Crippen LogP contribution in [0, 0.1) is 0 Å². The highest BCUT2D eigenvalue weighted by atomic mass is 79.9. The lowest BCUT2D eigenvalue weighted by molar-refractivity contribution is 0.230. The number of hydrogen-bond acceptors (Lipinski definition) is 4. The number of benzene rings is 1. The van der Waals surface area contributed by atoms with Gasteiger partial charge in [0.1, 0.15) is 5.04 Å². The second-order valence-corrected chi connectivity index (χ2v) is 7.02. The van der Waals surface area contributed by atoms with Crippen LogP contribution in [0.2, 0.25) is 0 Å². The molecule has 0 radical (unpaired) electrons. The Hall–Kier alpha value is -0.520. The lowest BCUT2D eigenvalue weighted by Crippen LogP contribution is -2.30. The average Bonchev–Trinajstić information content (AvgIpc) is 2.48. The number of hydrogen-bond donors (Lipinski definition) is 1. The lowest BCUT2D eigenvalue weighted by atomic mass is 10.1. The summed E-state index contributed by atoms with van der Waals surface area (Å²) in [4.78, 5) is 2.54. The Bertz CT molecular complexity index is 447. The Labute approximate surface area is 133 Å². The van der Waals surface area contributed by atoms with Crippen LogP contribution in [0.5, 0.6) is 0 Å². The third kappa shape index (κ3) is 5.11. The van der Waals surface area contributed by atoms with E-state index in [4.69, 9.17) is 5.21 Å². The van der Waals surface area contributed by atoms with Gasteiger partial charge in [-0.2, -0.15) is 0 Å². The van der Waals surface area contributed by atoms with Gasteiger partial charge in [-0.05, 0) is 51.0 Å². The Morgan fingerprint density at radius 1 is 1.30 bits per heavy atom. The van der Waals surface area contributed by atoms with E-state index in [0.717, 1.165) is 28.8 Å². The Kier molecular flexibility index (Phi) is 6.90. The fourth-order valence-corrected chi connectivity index (χ4v) is 3.65. The summed E-state index contributed by atoms with van der Waals surface area (Å²) >= 11 is 5.07. The normalized spacial score (nSPS) is 17.4. The molecule has 1 aromatic carbocycles. The van der Waals surface area contributed by atoms with Crippen molar-refractivity contribution in [3.8, 4) is 0 Å². The molecule has 1 fully saturated rings. The van der Waals surface area contributed by atoms with Crippen molar-refractivity contribution in [1.82, 2.24) is 4.90 Å². The second kappa shape index (κ2) is 8.70. The molecule has 1 saturated heterocycles. The van der Waals surface area contributed by atoms with Gasteiger partial charge in [-0.15, -0.1) is 11.8 Å². The van der Waals surface area contributed by atoms with Crippen LogP contribution in [0.4, 0.5) is 0 Å². The molecule has 3 nitrogen and oxygen atoms in total. The van der Waals surface area contributed by atoms with E-state index in [1.54, 1.807) is 11.8 Å². The molecular formula is C15H21BrN2OS. The summed E-state index contributed by atoms with van der Waals surface area (Å²) in [5.41, 5.74) is 0.963. The molecule has 0 bridgehead atoms. The van der Waals surface area contributed by atoms with E-state index in [1.165, 1.54) is 32.4 Å². The standard InChI is InChI=1S/C15H21BrN2OS/c16-14-7-4-6-13(12-14)15(17-19)20-11-5-10-18-8-2-1-3-9-18/h4,6-7,12,19H,1-3,5,8-11H2/b17-15+. The topological polar surface area (TPSA) is 35.8 Å². The highest BCUT2D eigenvalue weighted by Crippen LogP contribution is 2.19. The van der Waals surface area contributed by atoms with Gasteiger partial charge in [0.2, 0.25) is 0 Å². The van der Waals surface area contributed by atoms with Crippen molar-refractivity contribution in [3.05, 3.63) is 34.3 Å². The molecule has 2 rings (SSSR count). The number of nitrogens with zero attached hydrogens (tertiary/aromatic N) is 2. The highest BCUT2D eigenvalue weighted by molar-refractivity contribution is 9.10. The van der Waals surface area contributed by atoms with Gasteiger partial charge in [0, 0.05) is 15.8 Å². The maximum absolute atomic E-state index is 9.16. The van der Waals surface area contributed by atoms with Crippen LogP contribution in [0.15, 0.2) is 33.9 Å². The second-order valence-electron chi connectivity index (χ2n) is 5.02. The number of thioether (sulfide) groups is 1. The monoisotopic (exact) mass is 356 g/mol. The summed E-state index contributed by atoms with van der Waals surface area (Å²) in [6.45, 7) is 3.65. The zero-order valence-electron chi connectivity index (χ0n) is 11.6.